The molecule has 0 bridgehead atoms. The van der Waals surface area contributed by atoms with Crippen LogP contribution in [0, 0.1) is 5.82 Å². The zero-order valence-electron chi connectivity index (χ0n) is 15.9. The summed E-state index contributed by atoms with van der Waals surface area (Å²) in [5, 5.41) is 0.929. The second kappa shape index (κ2) is 7.71. The van der Waals surface area contributed by atoms with E-state index in [-0.39, 0.29) is 18.2 Å². The lowest BCUT2D eigenvalue weighted by atomic mass is 9.89. The fourth-order valence-corrected chi connectivity index (χ4v) is 3.88. The van der Waals surface area contributed by atoms with Crippen molar-refractivity contribution >= 4 is 34.0 Å². The number of fused-ring (bicyclic) bond motifs is 2. The van der Waals surface area contributed by atoms with Gasteiger partial charge in [-0.1, -0.05) is 36.4 Å². The van der Waals surface area contributed by atoms with Crippen LogP contribution in [-0.4, -0.2) is 11.2 Å². The van der Waals surface area contributed by atoms with Crippen molar-refractivity contribution in [3.8, 4) is 0 Å². The Bertz CT molecular complexity index is 1330. The predicted molar refractivity (Wildman–Crippen MR) is 109 cm³/mol. The molecule has 2 N–H and O–H groups in total. The molecule has 0 saturated carbocycles. The highest BCUT2D eigenvalue weighted by Crippen LogP contribution is 2.39. The standard InChI is InChI=1S/C24H14F4N2.ClH/c25-20-6-3-5-17-19(13-30-23(17)20)22(14-8-10-15(11-9-14)24(26,27)28)18-12-29-21-7-2-1-4-16(18)21;/h1-13,29H;1H. The summed E-state index contributed by atoms with van der Waals surface area (Å²) in [5.41, 5.74) is 4.09. The number of benzene rings is 3. The largest absolute Gasteiger partial charge is 1.00 e. The van der Waals surface area contributed by atoms with Crippen LogP contribution in [0.25, 0.3) is 22.0 Å². The molecule has 2 heterocycles. The van der Waals surface area contributed by atoms with E-state index in [1.165, 1.54) is 18.2 Å². The maximum Gasteiger partial charge on any atom is 0.416 e. The van der Waals surface area contributed by atoms with Crippen molar-refractivity contribution in [2.24, 2.45) is 0 Å². The molecule has 4 aromatic rings. The van der Waals surface area contributed by atoms with E-state index >= 15 is 0 Å². The topological polar surface area (TPSA) is 29.8 Å². The molecule has 0 amide bonds. The summed E-state index contributed by atoms with van der Waals surface area (Å²) in [4.78, 5) is 6.18. The number of hydrogen-bond acceptors (Lipinski definition) is 0. The van der Waals surface area contributed by atoms with E-state index in [1.54, 1.807) is 18.3 Å². The van der Waals surface area contributed by atoms with Crippen molar-refractivity contribution < 1.29 is 35.0 Å². The van der Waals surface area contributed by atoms with E-state index in [1.807, 2.05) is 30.5 Å². The van der Waals surface area contributed by atoms with Gasteiger partial charge in [-0.15, -0.1) is 0 Å². The Labute approximate surface area is 181 Å². The van der Waals surface area contributed by atoms with Crippen LogP contribution in [0.2, 0.25) is 0 Å². The Hall–Kier alpha value is -3.38. The summed E-state index contributed by atoms with van der Waals surface area (Å²) in [6, 6.07) is 17.5. The van der Waals surface area contributed by atoms with Crippen molar-refractivity contribution in [3.63, 3.8) is 0 Å². The Balaban J connectivity index is 0.00000231. The first kappa shape index (κ1) is 20.9. The summed E-state index contributed by atoms with van der Waals surface area (Å²) in [7, 11) is 0. The minimum absolute atomic E-state index is 0. The Morgan fingerprint density at radius 2 is 1.61 bits per heavy atom. The van der Waals surface area contributed by atoms with Gasteiger partial charge in [0.15, 0.2) is 12.0 Å². The van der Waals surface area contributed by atoms with E-state index in [4.69, 9.17) is 0 Å². The second-order valence-electron chi connectivity index (χ2n) is 7.06. The van der Waals surface area contributed by atoms with Crippen molar-refractivity contribution in [3.05, 3.63) is 101 Å². The van der Waals surface area contributed by atoms with Crippen LogP contribution in [0.3, 0.4) is 0 Å². The molecule has 1 aliphatic rings. The normalized spacial score (nSPS) is 14.5. The minimum Gasteiger partial charge on any atom is -1.00 e. The van der Waals surface area contributed by atoms with Crippen molar-refractivity contribution in [1.29, 1.82) is 0 Å². The molecule has 2 nitrogen and oxygen atoms in total. The fraction of sp³-hybridized carbons (Fsp3) is 0.0417. The third-order valence-corrected chi connectivity index (χ3v) is 5.29. The number of halogens is 5. The van der Waals surface area contributed by atoms with E-state index in [0.717, 1.165) is 34.2 Å². The van der Waals surface area contributed by atoms with Gasteiger partial charge in [0, 0.05) is 28.2 Å². The first-order chi connectivity index (χ1) is 14.4. The van der Waals surface area contributed by atoms with Crippen LogP contribution in [0.15, 0.2) is 72.9 Å². The molecule has 1 aliphatic heterocycles. The van der Waals surface area contributed by atoms with Crippen LogP contribution in [-0.2, 0) is 6.18 Å². The lowest BCUT2D eigenvalue weighted by Crippen LogP contribution is -3.00. The van der Waals surface area contributed by atoms with Gasteiger partial charge in [-0.3, -0.25) is 0 Å². The smallest absolute Gasteiger partial charge is 0.416 e. The highest BCUT2D eigenvalue weighted by Gasteiger charge is 2.31. The molecule has 0 saturated heterocycles. The molecular formula is C24H15ClF4N2. The predicted octanol–water partition coefficient (Wildman–Crippen LogP) is 2.09. The Morgan fingerprint density at radius 1 is 0.871 bits per heavy atom. The minimum atomic E-state index is -4.41. The van der Waals surface area contributed by atoms with Crippen LogP contribution >= 0.6 is 0 Å². The molecule has 0 unspecified atom stereocenters. The van der Waals surface area contributed by atoms with Gasteiger partial charge in [0.2, 0.25) is 5.69 Å². The number of aromatic nitrogens is 1. The number of allylic oxidation sites excluding steroid dienone is 1. The van der Waals surface area contributed by atoms with E-state index < -0.39 is 11.7 Å². The SMILES string of the molecule is Fc1cccc2c1[NH+]=CC2=C(c1ccc(C(F)(F)F)cc1)c1c[nH]c2ccccc12.[Cl-]. The van der Waals surface area contributed by atoms with Gasteiger partial charge in [0.05, 0.1) is 16.7 Å². The monoisotopic (exact) mass is 442 g/mol. The number of H-pyrrole nitrogens is 1. The van der Waals surface area contributed by atoms with Crippen LogP contribution < -0.4 is 17.4 Å². The Kier molecular flexibility index (Phi) is 5.19. The number of hydrogen-bond donors (Lipinski definition) is 2. The molecule has 7 heteroatoms. The molecule has 0 fully saturated rings. The highest BCUT2D eigenvalue weighted by molar-refractivity contribution is 6.24. The first-order valence-corrected chi connectivity index (χ1v) is 9.30. The van der Waals surface area contributed by atoms with Crippen molar-refractivity contribution in [2.45, 2.75) is 6.18 Å². The molecule has 0 spiro atoms. The number of aromatic amines is 1. The summed E-state index contributed by atoms with van der Waals surface area (Å²) in [6.07, 6.45) is -0.887. The van der Waals surface area contributed by atoms with Gasteiger partial charge in [-0.25, -0.2) is 4.99 Å². The van der Waals surface area contributed by atoms with Gasteiger partial charge in [0.25, 0.3) is 0 Å². The number of rotatable bonds is 2. The van der Waals surface area contributed by atoms with Gasteiger partial charge < -0.3 is 17.4 Å². The molecule has 31 heavy (non-hydrogen) atoms. The molecular weight excluding hydrogens is 428 g/mol. The number of alkyl halides is 3. The van der Waals surface area contributed by atoms with E-state index in [2.05, 4.69) is 9.98 Å². The quantitative estimate of drug-likeness (QED) is 0.445. The highest BCUT2D eigenvalue weighted by atomic mass is 35.5. The van der Waals surface area contributed by atoms with E-state index in [0.29, 0.717) is 22.4 Å². The molecule has 0 aliphatic carbocycles. The lowest BCUT2D eigenvalue weighted by Gasteiger charge is -2.12. The second-order valence-corrected chi connectivity index (χ2v) is 7.06. The van der Waals surface area contributed by atoms with Gasteiger partial charge in [-0.05, 0) is 35.9 Å². The van der Waals surface area contributed by atoms with Gasteiger partial charge in [-0.2, -0.15) is 17.6 Å². The summed E-state index contributed by atoms with van der Waals surface area (Å²) >= 11 is 0. The maximum absolute atomic E-state index is 14.3. The summed E-state index contributed by atoms with van der Waals surface area (Å²) in [6.45, 7) is 0. The first-order valence-electron chi connectivity index (χ1n) is 9.30. The molecule has 5 rings (SSSR count). The zero-order valence-corrected chi connectivity index (χ0v) is 16.7. The average molecular weight is 443 g/mol. The lowest BCUT2D eigenvalue weighted by molar-refractivity contribution is -0.346. The zero-order chi connectivity index (χ0) is 20.9. The molecule has 0 atom stereocenters. The van der Waals surface area contributed by atoms with Crippen molar-refractivity contribution in [2.75, 3.05) is 0 Å². The van der Waals surface area contributed by atoms with Gasteiger partial charge >= 0.3 is 6.18 Å². The molecule has 156 valence electrons. The molecule has 3 aromatic carbocycles. The summed E-state index contributed by atoms with van der Waals surface area (Å²) in [5.74, 6) is -0.385. The third kappa shape index (κ3) is 3.53. The fourth-order valence-electron chi connectivity index (χ4n) is 3.88. The van der Waals surface area contributed by atoms with Gasteiger partial charge in [0.1, 0.15) is 0 Å². The van der Waals surface area contributed by atoms with Crippen LogP contribution in [0.4, 0.5) is 23.2 Å². The maximum atomic E-state index is 14.3. The Morgan fingerprint density at radius 3 is 2.35 bits per heavy atom. The third-order valence-electron chi connectivity index (χ3n) is 5.29. The average Bonchev–Trinajstić information content (AvgIpc) is 3.34. The van der Waals surface area contributed by atoms with E-state index in [9.17, 15) is 17.6 Å². The summed E-state index contributed by atoms with van der Waals surface area (Å²) < 4.78 is 53.5. The van der Waals surface area contributed by atoms with Crippen LogP contribution in [0.5, 0.6) is 0 Å². The number of nitrogens with one attached hydrogen (secondary N) is 2. The van der Waals surface area contributed by atoms with Crippen molar-refractivity contribution in [1.82, 2.24) is 4.98 Å². The number of para-hydroxylation sites is 2. The molecule has 0 radical (unpaired) electrons. The van der Waals surface area contributed by atoms with Crippen LogP contribution in [0.1, 0.15) is 22.3 Å². The molecule has 1 aromatic heterocycles.